The smallest absolute Gasteiger partial charge is 0.323 e. The van der Waals surface area contributed by atoms with E-state index in [0.29, 0.717) is 5.56 Å². The Kier molecular flexibility index (Phi) is 3.13. The van der Waals surface area contributed by atoms with Gasteiger partial charge in [-0.3, -0.25) is 4.57 Å². The third kappa shape index (κ3) is 2.62. The fourth-order valence-corrected chi connectivity index (χ4v) is 2.00. The summed E-state index contributed by atoms with van der Waals surface area (Å²) in [6.07, 6.45) is 3.42. The number of hydrogen-bond acceptors (Lipinski definition) is 3. The highest BCUT2D eigenvalue weighted by Crippen LogP contribution is 2.47. The van der Waals surface area contributed by atoms with Crippen LogP contribution in [0.2, 0.25) is 0 Å². The molecule has 7 heteroatoms. The highest BCUT2D eigenvalue weighted by molar-refractivity contribution is 7.52. The van der Waals surface area contributed by atoms with Crippen LogP contribution in [0, 0.1) is 0 Å². The molecule has 17 heavy (non-hydrogen) atoms. The van der Waals surface area contributed by atoms with Crippen LogP contribution in [0.1, 0.15) is 11.3 Å². The highest BCUT2D eigenvalue weighted by Gasteiger charge is 2.26. The predicted octanol–water partition coefficient (Wildman–Crippen LogP) is 1.01. The largest absolute Gasteiger partial charge is 0.346 e. The fourth-order valence-electron chi connectivity index (χ4n) is 1.44. The lowest BCUT2D eigenvalue weighted by molar-refractivity contribution is 0.359. The van der Waals surface area contributed by atoms with Crippen LogP contribution in [-0.4, -0.2) is 19.6 Å². The first-order chi connectivity index (χ1) is 7.98. The van der Waals surface area contributed by atoms with Gasteiger partial charge in [-0.05, 0) is 23.8 Å². The molecule has 2 rings (SSSR count). The van der Waals surface area contributed by atoms with E-state index in [1.807, 2.05) is 0 Å². The Labute approximate surface area is 97.9 Å². The van der Waals surface area contributed by atoms with E-state index in [2.05, 4.69) is 5.10 Å². The Morgan fingerprint density at radius 2 is 1.94 bits per heavy atom. The standard InChI is InChI=1S/C10H12N3O3P/c11-10(17(14,15)16)8-2-4-9(5-3-8)13-7-1-6-12-13/h1-7,10H,11H2,(H2,14,15,16)/t10-/m1/s1. The number of aromatic nitrogens is 2. The Balaban J connectivity index is 2.28. The van der Waals surface area contributed by atoms with Crippen LogP contribution >= 0.6 is 7.60 Å². The summed E-state index contributed by atoms with van der Waals surface area (Å²) < 4.78 is 12.6. The molecule has 4 N–H and O–H groups in total. The van der Waals surface area contributed by atoms with E-state index in [0.717, 1.165) is 5.69 Å². The van der Waals surface area contributed by atoms with Gasteiger partial charge in [0, 0.05) is 12.4 Å². The summed E-state index contributed by atoms with van der Waals surface area (Å²) >= 11 is 0. The van der Waals surface area contributed by atoms with Gasteiger partial charge in [0.25, 0.3) is 0 Å². The maximum atomic E-state index is 11.0. The van der Waals surface area contributed by atoms with Gasteiger partial charge < -0.3 is 15.5 Å². The van der Waals surface area contributed by atoms with Crippen molar-refractivity contribution in [3.05, 3.63) is 48.3 Å². The lowest BCUT2D eigenvalue weighted by Gasteiger charge is -2.13. The Morgan fingerprint density at radius 3 is 2.41 bits per heavy atom. The van der Waals surface area contributed by atoms with Crippen molar-refractivity contribution in [2.45, 2.75) is 5.78 Å². The first kappa shape index (κ1) is 12.0. The molecule has 0 aliphatic heterocycles. The van der Waals surface area contributed by atoms with Crippen LogP contribution in [0.3, 0.4) is 0 Å². The zero-order valence-electron chi connectivity index (χ0n) is 8.84. The second kappa shape index (κ2) is 4.43. The number of rotatable bonds is 3. The van der Waals surface area contributed by atoms with Crippen LogP contribution in [0.4, 0.5) is 0 Å². The van der Waals surface area contributed by atoms with E-state index in [4.69, 9.17) is 15.5 Å². The second-order valence-electron chi connectivity index (χ2n) is 3.58. The van der Waals surface area contributed by atoms with Gasteiger partial charge in [0.15, 0.2) is 0 Å². The lowest BCUT2D eigenvalue weighted by atomic mass is 10.2. The summed E-state index contributed by atoms with van der Waals surface area (Å²) in [6.45, 7) is 0. The van der Waals surface area contributed by atoms with Crippen molar-refractivity contribution in [2.24, 2.45) is 5.73 Å². The summed E-state index contributed by atoms with van der Waals surface area (Å²) in [5.41, 5.74) is 6.66. The quantitative estimate of drug-likeness (QED) is 0.708. The Hall–Kier alpha value is -1.46. The molecule has 0 aliphatic carbocycles. The molecule has 0 spiro atoms. The molecule has 2 aromatic rings. The van der Waals surface area contributed by atoms with Crippen LogP contribution in [0.25, 0.3) is 5.69 Å². The zero-order chi connectivity index (χ0) is 12.5. The van der Waals surface area contributed by atoms with Crippen molar-refractivity contribution in [1.29, 1.82) is 0 Å². The molecule has 1 aromatic carbocycles. The summed E-state index contributed by atoms with van der Waals surface area (Å²) in [7, 11) is -4.30. The van der Waals surface area contributed by atoms with Gasteiger partial charge in [0.2, 0.25) is 0 Å². The average Bonchev–Trinajstić information content (AvgIpc) is 2.80. The molecule has 0 radical (unpaired) electrons. The van der Waals surface area contributed by atoms with Gasteiger partial charge in [-0.25, -0.2) is 4.68 Å². The molecule has 0 bridgehead atoms. The minimum atomic E-state index is -4.30. The van der Waals surface area contributed by atoms with Gasteiger partial charge in [0.1, 0.15) is 5.78 Å². The number of benzene rings is 1. The number of nitrogens with two attached hydrogens (primary N) is 1. The third-order valence-electron chi connectivity index (χ3n) is 2.37. The summed E-state index contributed by atoms with van der Waals surface area (Å²) in [4.78, 5) is 17.9. The molecule has 1 atom stereocenters. The summed E-state index contributed by atoms with van der Waals surface area (Å²) in [6, 6.07) is 8.37. The molecular weight excluding hydrogens is 241 g/mol. The molecular formula is C10H12N3O3P. The maximum absolute atomic E-state index is 11.0. The SMILES string of the molecule is N[C@@H](c1ccc(-n2cccn2)cc1)P(=O)(O)O. The molecule has 0 saturated heterocycles. The van der Waals surface area contributed by atoms with Crippen molar-refractivity contribution in [3.63, 3.8) is 0 Å². The van der Waals surface area contributed by atoms with E-state index in [1.54, 1.807) is 47.4 Å². The van der Waals surface area contributed by atoms with Crippen LogP contribution in [0.15, 0.2) is 42.7 Å². The molecule has 1 aromatic heterocycles. The minimum absolute atomic E-state index is 0.397. The van der Waals surface area contributed by atoms with Crippen molar-refractivity contribution >= 4 is 7.60 Å². The fraction of sp³-hybridized carbons (Fsp3) is 0.100. The highest BCUT2D eigenvalue weighted by atomic mass is 31.2. The van der Waals surface area contributed by atoms with E-state index in [1.165, 1.54) is 0 Å². The first-order valence-corrected chi connectivity index (χ1v) is 6.57. The van der Waals surface area contributed by atoms with Crippen molar-refractivity contribution in [3.8, 4) is 5.69 Å². The van der Waals surface area contributed by atoms with Gasteiger partial charge in [-0.2, -0.15) is 5.10 Å². The van der Waals surface area contributed by atoms with Gasteiger partial charge in [-0.1, -0.05) is 12.1 Å². The zero-order valence-corrected chi connectivity index (χ0v) is 9.73. The van der Waals surface area contributed by atoms with Crippen molar-refractivity contribution in [2.75, 3.05) is 0 Å². The molecule has 0 amide bonds. The van der Waals surface area contributed by atoms with Crippen LogP contribution in [0.5, 0.6) is 0 Å². The minimum Gasteiger partial charge on any atom is -0.323 e. The van der Waals surface area contributed by atoms with Crippen molar-refractivity contribution < 1.29 is 14.4 Å². The Morgan fingerprint density at radius 1 is 1.29 bits per heavy atom. The van der Waals surface area contributed by atoms with Gasteiger partial charge in [-0.15, -0.1) is 0 Å². The van der Waals surface area contributed by atoms with Gasteiger partial charge >= 0.3 is 7.60 Å². The van der Waals surface area contributed by atoms with E-state index in [-0.39, 0.29) is 0 Å². The van der Waals surface area contributed by atoms with Crippen LogP contribution < -0.4 is 5.73 Å². The molecule has 90 valence electrons. The second-order valence-corrected chi connectivity index (χ2v) is 5.31. The molecule has 1 heterocycles. The monoisotopic (exact) mass is 253 g/mol. The van der Waals surface area contributed by atoms with Crippen LogP contribution in [-0.2, 0) is 4.57 Å². The number of hydrogen-bond donors (Lipinski definition) is 3. The molecule has 0 fully saturated rings. The maximum Gasteiger partial charge on any atom is 0.346 e. The molecule has 0 saturated carbocycles. The lowest BCUT2D eigenvalue weighted by Crippen LogP contribution is -2.10. The Bertz CT molecular complexity index is 532. The average molecular weight is 253 g/mol. The third-order valence-corrected chi connectivity index (χ3v) is 3.39. The predicted molar refractivity (Wildman–Crippen MR) is 62.5 cm³/mol. The van der Waals surface area contributed by atoms with E-state index in [9.17, 15) is 4.57 Å². The first-order valence-electron chi connectivity index (χ1n) is 4.89. The topological polar surface area (TPSA) is 101 Å². The summed E-state index contributed by atoms with van der Waals surface area (Å²) in [5, 5.41) is 4.04. The molecule has 0 unspecified atom stereocenters. The van der Waals surface area contributed by atoms with E-state index >= 15 is 0 Å². The van der Waals surface area contributed by atoms with Crippen molar-refractivity contribution in [1.82, 2.24) is 9.78 Å². The molecule has 6 nitrogen and oxygen atoms in total. The number of nitrogens with zero attached hydrogens (tertiary/aromatic N) is 2. The van der Waals surface area contributed by atoms with E-state index < -0.39 is 13.4 Å². The molecule has 0 aliphatic rings. The normalized spacial score (nSPS) is 13.6. The van der Waals surface area contributed by atoms with Gasteiger partial charge in [0.05, 0.1) is 5.69 Å². The summed E-state index contributed by atoms with van der Waals surface area (Å²) in [5.74, 6) is -1.28.